The average molecular weight is 221 g/mol. The van der Waals surface area contributed by atoms with E-state index in [9.17, 15) is 4.79 Å². The van der Waals surface area contributed by atoms with Crippen LogP contribution >= 0.6 is 12.4 Å². The van der Waals surface area contributed by atoms with Gasteiger partial charge in [-0.25, -0.2) is 0 Å². The Bertz CT molecular complexity index is 213. The molecule has 0 saturated carbocycles. The molecule has 0 aromatic rings. The first-order chi connectivity index (χ1) is 6.29. The number of amides is 1. The second-order valence-electron chi connectivity index (χ2n) is 3.88. The molecular formula is C9H17ClN2O2. The Balaban J connectivity index is 0.000000980. The summed E-state index contributed by atoms with van der Waals surface area (Å²) < 4.78 is 5.64. The molecular weight excluding hydrogens is 204 g/mol. The van der Waals surface area contributed by atoms with Crippen LogP contribution in [0.1, 0.15) is 19.3 Å². The van der Waals surface area contributed by atoms with Crippen molar-refractivity contribution >= 4 is 18.3 Å². The number of ether oxygens (including phenoxy) is 1. The highest BCUT2D eigenvalue weighted by atomic mass is 35.5. The molecule has 5 heteroatoms. The molecule has 2 rings (SSSR count). The van der Waals surface area contributed by atoms with E-state index in [0.29, 0.717) is 5.92 Å². The maximum Gasteiger partial charge on any atom is 0.237 e. The van der Waals surface area contributed by atoms with Crippen LogP contribution in [-0.4, -0.2) is 31.2 Å². The van der Waals surface area contributed by atoms with Crippen molar-refractivity contribution in [1.82, 2.24) is 5.32 Å². The highest BCUT2D eigenvalue weighted by Gasteiger charge is 2.40. The van der Waals surface area contributed by atoms with E-state index in [1.165, 1.54) is 6.42 Å². The third kappa shape index (κ3) is 2.19. The van der Waals surface area contributed by atoms with Gasteiger partial charge in [0.05, 0.1) is 6.10 Å². The van der Waals surface area contributed by atoms with E-state index in [1.54, 1.807) is 0 Å². The molecule has 0 radical (unpaired) electrons. The standard InChI is InChI=1S/C9H16N2O2.ClH/c10-9(12)7-8-6(5-11-7)3-1-2-4-13-8;/h6-8,11H,1-5H2,(H2,10,12);1H. The Labute approximate surface area is 90.0 Å². The first kappa shape index (κ1) is 11.8. The fourth-order valence-electron chi connectivity index (χ4n) is 2.27. The molecule has 2 aliphatic heterocycles. The van der Waals surface area contributed by atoms with Gasteiger partial charge in [0, 0.05) is 13.2 Å². The van der Waals surface area contributed by atoms with Gasteiger partial charge >= 0.3 is 0 Å². The third-order valence-electron chi connectivity index (χ3n) is 2.98. The van der Waals surface area contributed by atoms with Crippen molar-refractivity contribution < 1.29 is 9.53 Å². The van der Waals surface area contributed by atoms with Crippen LogP contribution in [0.5, 0.6) is 0 Å². The van der Waals surface area contributed by atoms with E-state index >= 15 is 0 Å². The number of carbonyl (C=O) groups is 1. The van der Waals surface area contributed by atoms with Crippen molar-refractivity contribution in [2.24, 2.45) is 11.7 Å². The van der Waals surface area contributed by atoms with Gasteiger partial charge in [-0.1, -0.05) is 6.42 Å². The first-order valence-corrected chi connectivity index (χ1v) is 4.93. The maximum atomic E-state index is 11.0. The van der Waals surface area contributed by atoms with Crippen LogP contribution in [0.15, 0.2) is 0 Å². The lowest BCUT2D eigenvalue weighted by molar-refractivity contribution is -0.123. The smallest absolute Gasteiger partial charge is 0.237 e. The third-order valence-corrected chi connectivity index (χ3v) is 2.98. The summed E-state index contributed by atoms with van der Waals surface area (Å²) in [5, 5.41) is 3.13. The fraction of sp³-hybridized carbons (Fsp3) is 0.889. The second kappa shape index (κ2) is 4.96. The summed E-state index contributed by atoms with van der Waals surface area (Å²) in [6.45, 7) is 1.64. The summed E-state index contributed by atoms with van der Waals surface area (Å²) in [5.74, 6) is 0.203. The van der Waals surface area contributed by atoms with Crippen molar-refractivity contribution in [3.8, 4) is 0 Å². The largest absolute Gasteiger partial charge is 0.376 e. The molecule has 0 aromatic carbocycles. The predicted molar refractivity (Wildman–Crippen MR) is 55.3 cm³/mol. The highest BCUT2D eigenvalue weighted by molar-refractivity contribution is 5.85. The summed E-state index contributed by atoms with van der Waals surface area (Å²) in [7, 11) is 0. The summed E-state index contributed by atoms with van der Waals surface area (Å²) >= 11 is 0. The normalized spacial score (nSPS) is 36.7. The number of rotatable bonds is 1. The zero-order valence-electron chi connectivity index (χ0n) is 8.07. The zero-order valence-corrected chi connectivity index (χ0v) is 8.89. The lowest BCUT2D eigenvalue weighted by Gasteiger charge is -2.19. The molecule has 4 nitrogen and oxygen atoms in total. The van der Waals surface area contributed by atoms with Crippen molar-refractivity contribution in [3.05, 3.63) is 0 Å². The minimum absolute atomic E-state index is 0. The lowest BCUT2D eigenvalue weighted by Crippen LogP contribution is -2.44. The fourth-order valence-corrected chi connectivity index (χ4v) is 2.27. The van der Waals surface area contributed by atoms with Gasteiger partial charge in [0.15, 0.2) is 0 Å². The Morgan fingerprint density at radius 2 is 2.21 bits per heavy atom. The van der Waals surface area contributed by atoms with Gasteiger partial charge in [-0.15, -0.1) is 12.4 Å². The number of fused-ring (bicyclic) bond motifs is 1. The molecule has 1 amide bonds. The lowest BCUT2D eigenvalue weighted by atomic mass is 9.97. The van der Waals surface area contributed by atoms with Gasteiger partial charge in [-0.3, -0.25) is 4.79 Å². The van der Waals surface area contributed by atoms with Crippen LogP contribution in [0.4, 0.5) is 0 Å². The molecule has 3 unspecified atom stereocenters. The van der Waals surface area contributed by atoms with Crippen molar-refractivity contribution in [2.45, 2.75) is 31.4 Å². The van der Waals surface area contributed by atoms with Gasteiger partial charge < -0.3 is 15.8 Å². The van der Waals surface area contributed by atoms with Crippen molar-refractivity contribution in [1.29, 1.82) is 0 Å². The Morgan fingerprint density at radius 1 is 1.43 bits per heavy atom. The average Bonchev–Trinajstić information content (AvgIpc) is 2.36. The zero-order chi connectivity index (χ0) is 9.26. The van der Waals surface area contributed by atoms with Gasteiger partial charge in [0.25, 0.3) is 0 Å². The van der Waals surface area contributed by atoms with E-state index in [4.69, 9.17) is 10.5 Å². The number of hydrogen-bond donors (Lipinski definition) is 2. The molecule has 2 heterocycles. The maximum absolute atomic E-state index is 11.0. The first-order valence-electron chi connectivity index (χ1n) is 4.93. The minimum atomic E-state index is -0.283. The monoisotopic (exact) mass is 220 g/mol. The van der Waals surface area contributed by atoms with Gasteiger partial charge in [0.1, 0.15) is 6.04 Å². The summed E-state index contributed by atoms with van der Waals surface area (Å²) in [4.78, 5) is 11.0. The van der Waals surface area contributed by atoms with Crippen LogP contribution in [0.25, 0.3) is 0 Å². The number of halogens is 1. The van der Waals surface area contributed by atoms with Gasteiger partial charge in [-0.05, 0) is 18.8 Å². The molecule has 2 aliphatic rings. The van der Waals surface area contributed by atoms with E-state index in [1.807, 2.05) is 0 Å². The highest BCUT2D eigenvalue weighted by Crippen LogP contribution is 2.26. The summed E-state index contributed by atoms with van der Waals surface area (Å²) in [6, 6.07) is -0.261. The summed E-state index contributed by atoms with van der Waals surface area (Å²) in [5.41, 5.74) is 5.27. The van der Waals surface area contributed by atoms with E-state index in [2.05, 4.69) is 5.32 Å². The quantitative estimate of drug-likeness (QED) is 0.657. The topological polar surface area (TPSA) is 64.4 Å². The molecule has 2 fully saturated rings. The predicted octanol–water partition coefficient (Wildman–Crippen LogP) is 0.0506. The number of primary amides is 1. The molecule has 82 valence electrons. The molecule has 0 aromatic heterocycles. The molecule has 0 bridgehead atoms. The molecule has 0 aliphatic carbocycles. The number of nitrogens with two attached hydrogens (primary N) is 1. The van der Waals surface area contributed by atoms with Crippen LogP contribution in [0.3, 0.4) is 0 Å². The molecule has 2 saturated heterocycles. The number of nitrogens with one attached hydrogen (secondary N) is 1. The van der Waals surface area contributed by atoms with Gasteiger partial charge in [-0.2, -0.15) is 0 Å². The van der Waals surface area contributed by atoms with E-state index in [-0.39, 0.29) is 30.5 Å². The molecule has 14 heavy (non-hydrogen) atoms. The van der Waals surface area contributed by atoms with Crippen molar-refractivity contribution in [2.75, 3.05) is 13.2 Å². The number of hydrogen-bond acceptors (Lipinski definition) is 3. The summed E-state index contributed by atoms with van der Waals surface area (Å²) in [6.07, 6.45) is 3.49. The minimum Gasteiger partial charge on any atom is -0.376 e. The van der Waals surface area contributed by atoms with E-state index in [0.717, 1.165) is 26.0 Å². The van der Waals surface area contributed by atoms with Crippen LogP contribution in [0, 0.1) is 5.92 Å². The van der Waals surface area contributed by atoms with Crippen LogP contribution < -0.4 is 11.1 Å². The molecule has 3 atom stereocenters. The van der Waals surface area contributed by atoms with Crippen molar-refractivity contribution in [3.63, 3.8) is 0 Å². The molecule has 3 N–H and O–H groups in total. The Morgan fingerprint density at radius 3 is 2.93 bits per heavy atom. The van der Waals surface area contributed by atoms with E-state index < -0.39 is 0 Å². The van der Waals surface area contributed by atoms with Crippen LogP contribution in [0.2, 0.25) is 0 Å². The molecule has 0 spiro atoms. The van der Waals surface area contributed by atoms with Crippen LogP contribution in [-0.2, 0) is 9.53 Å². The second-order valence-corrected chi connectivity index (χ2v) is 3.88. The number of carbonyl (C=O) groups excluding carboxylic acids is 1. The Kier molecular flexibility index (Phi) is 4.16. The van der Waals surface area contributed by atoms with Gasteiger partial charge in [0.2, 0.25) is 5.91 Å². The SMILES string of the molecule is Cl.NC(=O)C1NCC2CCCCOC21. The Hall–Kier alpha value is -0.320.